The highest BCUT2D eigenvalue weighted by Crippen LogP contribution is 2.32. The molecule has 36 heavy (non-hydrogen) atoms. The van der Waals surface area contributed by atoms with Gasteiger partial charge in [-0.1, -0.05) is 18.2 Å². The van der Waals surface area contributed by atoms with Crippen LogP contribution in [0.2, 0.25) is 0 Å². The summed E-state index contributed by atoms with van der Waals surface area (Å²) in [7, 11) is 1.99. The molecule has 1 aromatic heterocycles. The Hall–Kier alpha value is -3.98. The number of hydrogen-bond donors (Lipinski definition) is 2. The van der Waals surface area contributed by atoms with E-state index in [1.165, 1.54) is 5.69 Å². The fraction of sp³-hybridized carbons (Fsp3) is 0.333. The van der Waals surface area contributed by atoms with Gasteiger partial charge in [-0.2, -0.15) is 0 Å². The topological polar surface area (TPSA) is 99.6 Å². The molecule has 1 unspecified atom stereocenters. The minimum absolute atomic E-state index is 0.169. The summed E-state index contributed by atoms with van der Waals surface area (Å²) >= 11 is 0. The maximum atomic E-state index is 13.0. The molecule has 184 valence electrons. The maximum Gasteiger partial charge on any atom is 0.255 e. The van der Waals surface area contributed by atoms with E-state index in [0.717, 1.165) is 54.4 Å². The van der Waals surface area contributed by atoms with Crippen molar-refractivity contribution < 1.29 is 14.4 Å². The van der Waals surface area contributed by atoms with Gasteiger partial charge in [-0.05, 0) is 36.2 Å². The van der Waals surface area contributed by atoms with Gasteiger partial charge in [0.15, 0.2) is 0 Å². The predicted molar refractivity (Wildman–Crippen MR) is 135 cm³/mol. The minimum Gasteiger partial charge on any atom is -0.369 e. The number of hydrogen-bond acceptors (Lipinski definition) is 6. The van der Waals surface area contributed by atoms with Gasteiger partial charge in [0.2, 0.25) is 11.8 Å². The molecule has 2 N–H and O–H groups in total. The molecule has 3 aliphatic rings. The molecular weight excluding hydrogens is 456 g/mol. The molecule has 0 saturated carbocycles. The molecular formula is C27H28N6O3. The predicted octanol–water partition coefficient (Wildman–Crippen LogP) is 1.92. The van der Waals surface area contributed by atoms with Crippen molar-refractivity contribution in [2.24, 2.45) is 7.05 Å². The van der Waals surface area contributed by atoms with Gasteiger partial charge >= 0.3 is 0 Å². The Morgan fingerprint density at radius 2 is 1.83 bits per heavy atom. The fourth-order valence-electron chi connectivity index (χ4n) is 5.37. The SMILES string of the molecule is Cn1cc(-c2ccc3c(c2)CN(C2CCC(=O)NC2=O)C3=O)nc1-c1cccc(N2CCNCC2)c1. The molecule has 0 radical (unpaired) electrons. The number of imidazole rings is 1. The Bertz CT molecular complexity index is 1370. The first-order chi connectivity index (χ1) is 17.5. The molecule has 3 amide bonds. The molecule has 4 heterocycles. The minimum atomic E-state index is -0.615. The highest BCUT2D eigenvalue weighted by molar-refractivity contribution is 6.05. The third-order valence-electron chi connectivity index (χ3n) is 7.28. The van der Waals surface area contributed by atoms with E-state index in [2.05, 4.69) is 39.8 Å². The van der Waals surface area contributed by atoms with E-state index in [1.807, 2.05) is 36.0 Å². The van der Waals surface area contributed by atoms with Gasteiger partial charge < -0.3 is 19.7 Å². The zero-order valence-electron chi connectivity index (χ0n) is 20.2. The van der Waals surface area contributed by atoms with Crippen LogP contribution in [-0.4, -0.2) is 64.4 Å². The number of imide groups is 1. The van der Waals surface area contributed by atoms with Crippen LogP contribution < -0.4 is 15.5 Å². The Kier molecular flexibility index (Phi) is 5.56. The Morgan fingerprint density at radius 3 is 2.64 bits per heavy atom. The van der Waals surface area contributed by atoms with Crippen molar-refractivity contribution in [1.82, 2.24) is 25.1 Å². The standard InChI is InChI=1S/C27H28N6O3/c1-31-16-22(29-25(31)18-3-2-4-20(14-18)32-11-9-28-10-12-32)17-5-6-21-19(13-17)15-33(27(21)36)23-7-8-24(34)30-26(23)35/h2-6,13-14,16,23,28H,7-12,15H2,1H3,(H,30,34,35). The first-order valence-corrected chi connectivity index (χ1v) is 12.4. The van der Waals surface area contributed by atoms with Crippen LogP contribution in [0.4, 0.5) is 5.69 Å². The summed E-state index contributed by atoms with van der Waals surface area (Å²) in [5.41, 5.74) is 5.48. The van der Waals surface area contributed by atoms with Crippen molar-refractivity contribution >= 4 is 23.4 Å². The molecule has 9 nitrogen and oxygen atoms in total. The first-order valence-electron chi connectivity index (χ1n) is 12.4. The number of carbonyl (C=O) groups is 3. The van der Waals surface area contributed by atoms with Crippen molar-refractivity contribution in [1.29, 1.82) is 0 Å². The van der Waals surface area contributed by atoms with E-state index >= 15 is 0 Å². The second kappa shape index (κ2) is 8.91. The average molecular weight is 485 g/mol. The maximum absolute atomic E-state index is 13.0. The number of anilines is 1. The normalized spacial score (nSPS) is 20.0. The number of piperidine rings is 1. The van der Waals surface area contributed by atoms with E-state index in [9.17, 15) is 14.4 Å². The molecule has 0 spiro atoms. The van der Waals surface area contributed by atoms with Crippen LogP contribution in [0.1, 0.15) is 28.8 Å². The summed E-state index contributed by atoms with van der Waals surface area (Å²) in [6.45, 7) is 4.29. The monoisotopic (exact) mass is 484 g/mol. The summed E-state index contributed by atoms with van der Waals surface area (Å²) < 4.78 is 2.03. The van der Waals surface area contributed by atoms with Gasteiger partial charge in [0.25, 0.3) is 5.91 Å². The Labute approximate surface area is 209 Å². The number of rotatable bonds is 4. The van der Waals surface area contributed by atoms with Crippen molar-refractivity contribution in [3.05, 3.63) is 59.8 Å². The van der Waals surface area contributed by atoms with Gasteiger partial charge in [-0.15, -0.1) is 0 Å². The van der Waals surface area contributed by atoms with Crippen LogP contribution >= 0.6 is 0 Å². The van der Waals surface area contributed by atoms with E-state index in [1.54, 1.807) is 4.90 Å². The van der Waals surface area contributed by atoms with Crippen molar-refractivity contribution in [2.75, 3.05) is 31.1 Å². The molecule has 3 aliphatic heterocycles. The Balaban J connectivity index is 1.26. The summed E-state index contributed by atoms with van der Waals surface area (Å²) in [5.74, 6) is 0.0263. The lowest BCUT2D eigenvalue weighted by molar-refractivity contribution is -0.136. The number of carbonyl (C=O) groups excluding carboxylic acids is 3. The van der Waals surface area contributed by atoms with Crippen molar-refractivity contribution in [3.8, 4) is 22.6 Å². The molecule has 0 bridgehead atoms. The van der Waals surface area contributed by atoms with Crippen LogP contribution in [0, 0.1) is 0 Å². The first kappa shape index (κ1) is 22.5. The van der Waals surface area contributed by atoms with E-state index in [4.69, 9.17) is 4.98 Å². The van der Waals surface area contributed by atoms with E-state index in [-0.39, 0.29) is 18.2 Å². The number of aryl methyl sites for hydroxylation is 1. The number of benzene rings is 2. The molecule has 3 aromatic rings. The van der Waals surface area contributed by atoms with Crippen LogP contribution in [-0.2, 0) is 23.2 Å². The van der Waals surface area contributed by atoms with Gasteiger partial charge in [0.05, 0.1) is 5.69 Å². The average Bonchev–Trinajstić information content (AvgIpc) is 3.44. The molecule has 1 atom stereocenters. The van der Waals surface area contributed by atoms with E-state index < -0.39 is 11.9 Å². The summed E-state index contributed by atoms with van der Waals surface area (Å²) in [6, 6.07) is 13.6. The summed E-state index contributed by atoms with van der Waals surface area (Å²) in [5, 5.41) is 5.74. The number of fused-ring (bicyclic) bond motifs is 1. The van der Waals surface area contributed by atoms with Gasteiger partial charge in [-0.25, -0.2) is 4.98 Å². The number of amides is 3. The highest BCUT2D eigenvalue weighted by Gasteiger charge is 2.39. The third-order valence-corrected chi connectivity index (χ3v) is 7.28. The number of nitrogens with one attached hydrogen (secondary N) is 2. The number of piperazine rings is 1. The van der Waals surface area contributed by atoms with Crippen LogP contribution in [0.3, 0.4) is 0 Å². The van der Waals surface area contributed by atoms with Crippen molar-refractivity contribution in [3.63, 3.8) is 0 Å². The third kappa shape index (κ3) is 3.95. The molecule has 2 aromatic carbocycles. The lowest BCUT2D eigenvalue weighted by Crippen LogP contribution is -2.52. The fourth-order valence-corrected chi connectivity index (χ4v) is 5.37. The quantitative estimate of drug-likeness (QED) is 0.549. The molecule has 9 heteroatoms. The van der Waals surface area contributed by atoms with E-state index in [0.29, 0.717) is 18.5 Å². The second-order valence-electron chi connectivity index (χ2n) is 9.62. The lowest BCUT2D eigenvalue weighted by Gasteiger charge is -2.29. The molecule has 2 fully saturated rings. The molecule has 0 aliphatic carbocycles. The number of aromatic nitrogens is 2. The second-order valence-corrected chi connectivity index (χ2v) is 9.62. The van der Waals surface area contributed by atoms with Crippen molar-refractivity contribution in [2.45, 2.75) is 25.4 Å². The van der Waals surface area contributed by atoms with Crippen LogP contribution in [0.25, 0.3) is 22.6 Å². The lowest BCUT2D eigenvalue weighted by atomic mass is 10.0. The largest absolute Gasteiger partial charge is 0.369 e. The number of nitrogens with zero attached hydrogens (tertiary/aromatic N) is 4. The Morgan fingerprint density at radius 1 is 1.00 bits per heavy atom. The summed E-state index contributed by atoms with van der Waals surface area (Å²) in [4.78, 5) is 45.8. The highest BCUT2D eigenvalue weighted by atomic mass is 16.2. The van der Waals surface area contributed by atoms with Crippen LogP contribution in [0.15, 0.2) is 48.7 Å². The smallest absolute Gasteiger partial charge is 0.255 e. The summed E-state index contributed by atoms with van der Waals surface area (Å²) in [6.07, 6.45) is 2.60. The zero-order valence-corrected chi connectivity index (χ0v) is 20.2. The molecule has 2 saturated heterocycles. The van der Waals surface area contributed by atoms with Gasteiger partial charge in [0, 0.05) is 74.8 Å². The van der Waals surface area contributed by atoms with Crippen LogP contribution in [0.5, 0.6) is 0 Å². The zero-order chi connectivity index (χ0) is 24.8. The molecule has 6 rings (SSSR count). The van der Waals surface area contributed by atoms with Gasteiger partial charge in [-0.3, -0.25) is 19.7 Å². The van der Waals surface area contributed by atoms with Gasteiger partial charge in [0.1, 0.15) is 11.9 Å².